The summed E-state index contributed by atoms with van der Waals surface area (Å²) in [4.78, 5) is 37.6. The highest BCUT2D eigenvalue weighted by Crippen LogP contribution is 2.27. The van der Waals surface area contributed by atoms with Crippen LogP contribution in [0.25, 0.3) is 10.8 Å². The smallest absolute Gasteiger partial charge is 0.323 e. The molecule has 0 aromatic heterocycles. The molecule has 2 aromatic carbocycles. The molecule has 2 saturated heterocycles. The van der Waals surface area contributed by atoms with Gasteiger partial charge >= 0.3 is 5.97 Å². The summed E-state index contributed by atoms with van der Waals surface area (Å²) in [7, 11) is -4.21. The third kappa shape index (κ3) is 12.0. The minimum atomic E-state index is -4.21. The van der Waals surface area contributed by atoms with Gasteiger partial charge in [0.05, 0.1) is 11.4 Å². The van der Waals surface area contributed by atoms with Crippen LogP contribution >= 0.6 is 24.8 Å². The first-order valence-electron chi connectivity index (χ1n) is 15.4. The molecule has 1 atom stereocenters. The summed E-state index contributed by atoms with van der Waals surface area (Å²) in [6, 6.07) is 10.1. The van der Waals surface area contributed by atoms with Crippen molar-refractivity contribution in [3.8, 4) is 0 Å². The number of hydrogen-bond acceptors (Lipinski definition) is 7. The Hall–Kier alpha value is -2.48. The molecule has 2 amide bonds. The second-order valence-electron chi connectivity index (χ2n) is 11.7. The van der Waals surface area contributed by atoms with Crippen molar-refractivity contribution in [2.45, 2.75) is 62.3 Å². The number of nitrogens with one attached hydrogen (secondary N) is 5. The van der Waals surface area contributed by atoms with Crippen molar-refractivity contribution in [1.29, 1.82) is 0 Å². The SMILES string of the molecule is Cl.Cl.O=C(CNC(=O)C(CCC1CCNCC1)CCC1CCNCC1)NCC(NS(=O)(=O)c1cccc2ccccc12)C(=O)O. The lowest BCUT2D eigenvalue weighted by Crippen LogP contribution is -2.50. The Kier molecular flexibility index (Phi) is 16.5. The minimum absolute atomic E-state index is 0. The summed E-state index contributed by atoms with van der Waals surface area (Å²) in [5.41, 5.74) is 0. The van der Waals surface area contributed by atoms with Gasteiger partial charge < -0.3 is 26.4 Å². The molecule has 2 fully saturated rings. The van der Waals surface area contributed by atoms with Crippen LogP contribution in [0.3, 0.4) is 0 Å². The van der Waals surface area contributed by atoms with E-state index in [0.717, 1.165) is 77.5 Å². The van der Waals surface area contributed by atoms with Crippen LogP contribution in [0.15, 0.2) is 47.4 Å². The molecule has 45 heavy (non-hydrogen) atoms. The number of fused-ring (bicyclic) bond motifs is 1. The first-order valence-corrected chi connectivity index (χ1v) is 16.9. The van der Waals surface area contributed by atoms with Crippen molar-refractivity contribution in [1.82, 2.24) is 26.0 Å². The lowest BCUT2D eigenvalue weighted by molar-refractivity contribution is -0.139. The van der Waals surface area contributed by atoms with Crippen LogP contribution in [-0.2, 0) is 24.4 Å². The topological polar surface area (TPSA) is 166 Å². The maximum absolute atomic E-state index is 13.2. The van der Waals surface area contributed by atoms with Crippen molar-refractivity contribution in [3.05, 3.63) is 42.5 Å². The number of benzene rings is 2. The number of carbonyl (C=O) groups is 3. The summed E-state index contributed by atoms with van der Waals surface area (Å²) >= 11 is 0. The highest BCUT2D eigenvalue weighted by Gasteiger charge is 2.28. The van der Waals surface area contributed by atoms with Crippen molar-refractivity contribution >= 4 is 63.4 Å². The van der Waals surface area contributed by atoms with Gasteiger partial charge in [-0.2, -0.15) is 4.72 Å². The molecule has 2 aliphatic rings. The van der Waals surface area contributed by atoms with Crippen LogP contribution in [-0.4, -0.2) is 76.6 Å². The molecule has 6 N–H and O–H groups in total. The van der Waals surface area contributed by atoms with Crippen LogP contribution in [0.5, 0.6) is 0 Å². The lowest BCUT2D eigenvalue weighted by atomic mass is 9.84. The zero-order valence-electron chi connectivity index (χ0n) is 25.5. The van der Waals surface area contributed by atoms with Gasteiger partial charge in [-0.25, -0.2) is 8.42 Å². The van der Waals surface area contributed by atoms with E-state index in [2.05, 4.69) is 26.0 Å². The van der Waals surface area contributed by atoms with E-state index in [1.54, 1.807) is 36.4 Å². The maximum Gasteiger partial charge on any atom is 0.323 e. The van der Waals surface area contributed by atoms with E-state index < -0.39 is 34.5 Å². The minimum Gasteiger partial charge on any atom is -0.480 e. The quantitative estimate of drug-likeness (QED) is 0.166. The molecule has 4 rings (SSSR count). The second kappa shape index (κ2) is 19.2. The third-order valence-corrected chi connectivity index (χ3v) is 10.2. The average molecular weight is 689 g/mol. The van der Waals surface area contributed by atoms with Crippen LogP contribution < -0.4 is 26.0 Å². The van der Waals surface area contributed by atoms with Gasteiger partial charge in [-0.1, -0.05) is 36.4 Å². The molecule has 0 radical (unpaired) electrons. The standard InChI is InChI=1S/C31H45N5O6S.2ClH/c37-29(34-20-27(31(39)40)36-43(41,42)28-7-3-5-24-4-1-2-6-26(24)28)21-35-30(38)25(10-8-22-12-16-32-17-13-22)11-9-23-14-18-33-19-15-23;;/h1-7,22-23,25,27,32-33,36H,8-21H2,(H,34,37)(H,35,38)(H,39,40);2*1H. The third-order valence-electron chi connectivity index (χ3n) is 8.70. The van der Waals surface area contributed by atoms with Crippen LogP contribution in [0.1, 0.15) is 51.4 Å². The number of carboxylic acids is 1. The predicted molar refractivity (Wildman–Crippen MR) is 179 cm³/mol. The predicted octanol–water partition coefficient (Wildman–Crippen LogP) is 2.82. The molecule has 0 saturated carbocycles. The van der Waals surface area contributed by atoms with Gasteiger partial charge in [0.25, 0.3) is 0 Å². The zero-order valence-corrected chi connectivity index (χ0v) is 27.9. The van der Waals surface area contributed by atoms with E-state index in [0.29, 0.717) is 22.6 Å². The Balaban J connectivity index is 0.00000353. The first kappa shape index (κ1) is 38.7. The van der Waals surface area contributed by atoms with Gasteiger partial charge in [-0.3, -0.25) is 14.4 Å². The van der Waals surface area contributed by atoms with Crippen molar-refractivity contribution < 1.29 is 27.9 Å². The normalized spacial score (nSPS) is 16.7. The Morgan fingerprint density at radius 3 is 1.96 bits per heavy atom. The molecule has 11 nitrogen and oxygen atoms in total. The number of sulfonamides is 1. The largest absolute Gasteiger partial charge is 0.480 e. The summed E-state index contributed by atoms with van der Waals surface area (Å²) in [6.07, 6.45) is 7.96. The number of carboxylic acid groups (broad SMARTS) is 1. The van der Waals surface area contributed by atoms with Gasteiger partial charge in [-0.15, -0.1) is 24.8 Å². The van der Waals surface area contributed by atoms with E-state index >= 15 is 0 Å². The molecule has 252 valence electrons. The molecule has 0 bridgehead atoms. The number of halogens is 2. The zero-order chi connectivity index (χ0) is 30.7. The fraction of sp³-hybridized carbons (Fsp3) is 0.581. The molecule has 2 aliphatic heterocycles. The summed E-state index contributed by atoms with van der Waals surface area (Å²) in [6.45, 7) is 3.25. The number of carbonyl (C=O) groups excluding carboxylic acids is 2. The number of piperidine rings is 2. The molecule has 2 heterocycles. The van der Waals surface area contributed by atoms with Crippen molar-refractivity contribution in [2.75, 3.05) is 39.3 Å². The van der Waals surface area contributed by atoms with Gasteiger partial charge in [0.15, 0.2) is 0 Å². The summed E-state index contributed by atoms with van der Waals surface area (Å²) in [5, 5.41) is 22.8. The molecule has 1 unspecified atom stereocenters. The number of amides is 2. The highest BCUT2D eigenvalue weighted by atomic mass is 35.5. The molecule has 14 heteroatoms. The lowest BCUT2D eigenvalue weighted by Gasteiger charge is -2.27. The second-order valence-corrected chi connectivity index (χ2v) is 13.4. The number of rotatable bonds is 15. The molecular weight excluding hydrogens is 641 g/mol. The molecule has 0 spiro atoms. The van der Waals surface area contributed by atoms with Crippen molar-refractivity contribution in [2.24, 2.45) is 17.8 Å². The van der Waals surface area contributed by atoms with Crippen LogP contribution in [0.2, 0.25) is 0 Å². The highest BCUT2D eigenvalue weighted by molar-refractivity contribution is 7.89. The van der Waals surface area contributed by atoms with E-state index in [1.807, 2.05) is 0 Å². The van der Waals surface area contributed by atoms with Crippen LogP contribution in [0, 0.1) is 17.8 Å². The Labute approximate surface area is 278 Å². The fourth-order valence-electron chi connectivity index (χ4n) is 6.07. The van der Waals surface area contributed by atoms with Crippen LogP contribution in [0.4, 0.5) is 0 Å². The van der Waals surface area contributed by atoms with Gasteiger partial charge in [0, 0.05) is 17.8 Å². The molecule has 2 aromatic rings. The van der Waals surface area contributed by atoms with E-state index in [-0.39, 0.29) is 48.1 Å². The summed E-state index contributed by atoms with van der Waals surface area (Å²) < 4.78 is 28.4. The monoisotopic (exact) mass is 687 g/mol. The Morgan fingerprint density at radius 2 is 1.38 bits per heavy atom. The average Bonchev–Trinajstić information content (AvgIpc) is 3.02. The van der Waals surface area contributed by atoms with Gasteiger partial charge in [0.2, 0.25) is 21.8 Å². The number of hydrogen-bond donors (Lipinski definition) is 6. The Morgan fingerprint density at radius 1 is 0.822 bits per heavy atom. The maximum atomic E-state index is 13.2. The van der Waals surface area contributed by atoms with E-state index in [9.17, 15) is 27.9 Å². The van der Waals surface area contributed by atoms with E-state index in [1.165, 1.54) is 6.07 Å². The van der Waals surface area contributed by atoms with Gasteiger partial charge in [-0.05, 0) is 101 Å². The Bertz CT molecular complexity index is 1330. The first-order chi connectivity index (χ1) is 20.7. The fourth-order valence-corrected chi connectivity index (χ4v) is 7.49. The van der Waals surface area contributed by atoms with Crippen molar-refractivity contribution in [3.63, 3.8) is 0 Å². The summed E-state index contributed by atoms with van der Waals surface area (Å²) in [5.74, 6) is -1.15. The molecular formula is C31H47Cl2N5O6S. The number of aliphatic carboxylic acids is 1. The molecule has 0 aliphatic carbocycles. The van der Waals surface area contributed by atoms with E-state index in [4.69, 9.17) is 0 Å². The van der Waals surface area contributed by atoms with Gasteiger partial charge in [0.1, 0.15) is 6.04 Å².